The summed E-state index contributed by atoms with van der Waals surface area (Å²) in [5, 5.41) is 32.2. The molecule has 4 aliphatic rings. The number of fused-ring (bicyclic) bond motifs is 2. The molecule has 10 nitrogen and oxygen atoms in total. The first-order valence-electron chi connectivity index (χ1n) is 14.9. The third-order valence-corrected chi connectivity index (χ3v) is 9.04. The molecule has 222 valence electrons. The number of rotatable bonds is 8. The van der Waals surface area contributed by atoms with E-state index in [2.05, 4.69) is 81.7 Å². The summed E-state index contributed by atoms with van der Waals surface area (Å²) in [6.07, 6.45) is 9.08. The number of pyridine rings is 2. The number of anilines is 2. The van der Waals surface area contributed by atoms with Gasteiger partial charge in [-0.05, 0) is 65.8 Å². The van der Waals surface area contributed by atoms with E-state index in [0.717, 1.165) is 39.0 Å². The SMILES string of the molecule is COc1nccc2c([C@H](Nc3cc(C#N)c4ncc(C#N)c(NCC(C)(C)C)c4c3)C3=CN(C45CC(C4)C5)NN3)cccc12. The monoisotopic (exact) mass is 585 g/mol. The van der Waals surface area contributed by atoms with Gasteiger partial charge in [0.15, 0.2) is 0 Å². The first kappa shape index (κ1) is 27.8. The maximum absolute atomic E-state index is 10.2. The summed E-state index contributed by atoms with van der Waals surface area (Å²) >= 11 is 0. The summed E-state index contributed by atoms with van der Waals surface area (Å²) in [6, 6.07) is 16.2. The lowest BCUT2D eigenvalue weighted by molar-refractivity contribution is -0.141. The smallest absolute Gasteiger partial charge is 0.221 e. The van der Waals surface area contributed by atoms with Crippen molar-refractivity contribution in [1.29, 1.82) is 10.5 Å². The van der Waals surface area contributed by atoms with E-state index >= 15 is 0 Å². The lowest BCUT2D eigenvalue weighted by Gasteiger charge is -2.64. The van der Waals surface area contributed by atoms with Crippen molar-refractivity contribution in [3.63, 3.8) is 0 Å². The van der Waals surface area contributed by atoms with Gasteiger partial charge < -0.3 is 20.8 Å². The van der Waals surface area contributed by atoms with Gasteiger partial charge in [-0.25, -0.2) is 4.98 Å². The van der Waals surface area contributed by atoms with Crippen LogP contribution >= 0.6 is 0 Å². The number of hydrogen-bond acceptors (Lipinski definition) is 10. The Labute approximate surface area is 256 Å². The molecule has 3 heterocycles. The van der Waals surface area contributed by atoms with E-state index in [1.807, 2.05) is 30.3 Å². The maximum atomic E-state index is 10.2. The molecule has 0 amide bonds. The van der Waals surface area contributed by atoms with Gasteiger partial charge in [-0.15, -0.1) is 5.53 Å². The van der Waals surface area contributed by atoms with E-state index in [9.17, 15) is 10.5 Å². The van der Waals surface area contributed by atoms with Crippen LogP contribution in [0.25, 0.3) is 21.7 Å². The molecule has 2 bridgehead atoms. The van der Waals surface area contributed by atoms with Gasteiger partial charge in [0.05, 0.1) is 46.7 Å². The van der Waals surface area contributed by atoms with Crippen LogP contribution in [-0.2, 0) is 0 Å². The van der Waals surface area contributed by atoms with Gasteiger partial charge in [0.2, 0.25) is 5.88 Å². The molecule has 3 aliphatic carbocycles. The summed E-state index contributed by atoms with van der Waals surface area (Å²) in [4.78, 5) is 8.95. The van der Waals surface area contributed by atoms with Crippen LogP contribution < -0.4 is 26.3 Å². The van der Waals surface area contributed by atoms with Gasteiger partial charge in [-0.1, -0.05) is 32.9 Å². The molecule has 2 aromatic carbocycles. The summed E-state index contributed by atoms with van der Waals surface area (Å²) in [7, 11) is 1.63. The molecule has 4 aromatic rings. The Morgan fingerprint density at radius 2 is 1.86 bits per heavy atom. The highest BCUT2D eigenvalue weighted by Gasteiger charge is 2.60. The fraction of sp³-hybridized carbons (Fsp3) is 0.353. The molecular formula is C34H35N9O. The van der Waals surface area contributed by atoms with Crippen molar-refractivity contribution >= 4 is 33.1 Å². The molecule has 8 rings (SSSR count). The summed E-state index contributed by atoms with van der Waals surface area (Å²) < 4.78 is 5.60. The molecule has 3 fully saturated rings. The lowest BCUT2D eigenvalue weighted by atomic mass is 9.49. The Bertz CT molecular complexity index is 1900. The van der Waals surface area contributed by atoms with E-state index in [4.69, 9.17) is 4.74 Å². The minimum Gasteiger partial charge on any atom is -0.481 e. The summed E-state index contributed by atoms with van der Waals surface area (Å²) in [5.41, 5.74) is 11.8. The van der Waals surface area contributed by atoms with Crippen LogP contribution in [0, 0.1) is 34.0 Å². The van der Waals surface area contributed by atoms with Gasteiger partial charge in [-0.2, -0.15) is 10.5 Å². The van der Waals surface area contributed by atoms with E-state index in [-0.39, 0.29) is 17.0 Å². The molecule has 0 radical (unpaired) electrons. The molecular weight excluding hydrogens is 550 g/mol. The van der Waals surface area contributed by atoms with E-state index < -0.39 is 0 Å². The van der Waals surface area contributed by atoms with Crippen LogP contribution in [0.15, 0.2) is 60.7 Å². The normalized spacial score (nSPS) is 20.9. The molecule has 0 saturated heterocycles. The van der Waals surface area contributed by atoms with Gasteiger partial charge in [0, 0.05) is 41.6 Å². The fourth-order valence-electron chi connectivity index (χ4n) is 6.67. The third-order valence-electron chi connectivity index (χ3n) is 9.04. The molecule has 0 unspecified atom stereocenters. The first-order valence-corrected chi connectivity index (χ1v) is 14.9. The van der Waals surface area contributed by atoms with E-state index in [1.54, 1.807) is 19.5 Å². The maximum Gasteiger partial charge on any atom is 0.221 e. The van der Waals surface area contributed by atoms with Crippen molar-refractivity contribution in [3.8, 4) is 18.0 Å². The highest BCUT2D eigenvalue weighted by molar-refractivity contribution is 5.99. The second-order valence-corrected chi connectivity index (χ2v) is 13.3. The number of methoxy groups -OCH3 is 1. The largest absolute Gasteiger partial charge is 0.481 e. The highest BCUT2D eigenvalue weighted by Crippen LogP contribution is 2.60. The zero-order chi connectivity index (χ0) is 30.6. The Morgan fingerprint density at radius 3 is 2.55 bits per heavy atom. The van der Waals surface area contributed by atoms with Crippen LogP contribution in [-0.4, -0.2) is 34.2 Å². The quantitative estimate of drug-likeness (QED) is 0.199. The van der Waals surface area contributed by atoms with Gasteiger partial charge in [0.1, 0.15) is 12.1 Å². The zero-order valence-corrected chi connectivity index (χ0v) is 25.3. The number of aromatic nitrogens is 2. The highest BCUT2D eigenvalue weighted by atomic mass is 16.5. The summed E-state index contributed by atoms with van der Waals surface area (Å²) in [5.74, 6) is 1.41. The van der Waals surface area contributed by atoms with Crippen molar-refractivity contribution < 1.29 is 4.74 Å². The third kappa shape index (κ3) is 4.59. The lowest BCUT2D eigenvalue weighted by Crippen LogP contribution is -2.69. The first-order chi connectivity index (χ1) is 21.2. The van der Waals surface area contributed by atoms with Crippen molar-refractivity contribution in [2.45, 2.75) is 51.6 Å². The number of benzene rings is 2. The Kier molecular flexibility index (Phi) is 6.49. The number of nitrogens with one attached hydrogen (secondary N) is 4. The predicted molar refractivity (Wildman–Crippen MR) is 170 cm³/mol. The Balaban J connectivity index is 1.36. The standard InChI is InChI=1S/C34H35N9O/c1-33(2,3)19-39-30-22(16-36)17-38-29-21(15-35)10-23(11-27(29)30)40-31(28-18-43(42-41-28)34-12-20(13-34)14-34)25-6-5-7-26-24(25)8-9-37-32(26)44-4/h5-11,17-18,20,31,40-42H,12-14,19H2,1-4H3,(H,38,39)/t20?,31-,34?/m0/s1. The second-order valence-electron chi connectivity index (χ2n) is 13.3. The van der Waals surface area contributed by atoms with Gasteiger partial charge >= 0.3 is 0 Å². The molecule has 44 heavy (non-hydrogen) atoms. The van der Waals surface area contributed by atoms with Crippen LogP contribution in [0.3, 0.4) is 0 Å². The molecule has 3 saturated carbocycles. The van der Waals surface area contributed by atoms with Crippen LogP contribution in [0.4, 0.5) is 11.4 Å². The number of ether oxygens (including phenoxy) is 1. The molecule has 0 spiro atoms. The van der Waals surface area contributed by atoms with Crippen molar-refractivity contribution in [2.24, 2.45) is 11.3 Å². The van der Waals surface area contributed by atoms with Crippen molar-refractivity contribution in [2.75, 3.05) is 24.3 Å². The Hall–Kier alpha value is -5.06. The van der Waals surface area contributed by atoms with E-state index in [0.29, 0.717) is 34.8 Å². The van der Waals surface area contributed by atoms with Crippen LogP contribution in [0.1, 0.15) is 62.8 Å². The average Bonchev–Trinajstić information content (AvgIpc) is 3.44. The molecule has 10 heteroatoms. The summed E-state index contributed by atoms with van der Waals surface area (Å²) in [6.45, 7) is 7.05. The van der Waals surface area contributed by atoms with Crippen LogP contribution in [0.5, 0.6) is 5.88 Å². The second kappa shape index (κ2) is 10.3. The number of hydrogen-bond donors (Lipinski definition) is 4. The molecule has 2 aromatic heterocycles. The van der Waals surface area contributed by atoms with Crippen molar-refractivity contribution in [3.05, 3.63) is 77.4 Å². The molecule has 4 N–H and O–H groups in total. The fourth-order valence-corrected chi connectivity index (χ4v) is 6.67. The van der Waals surface area contributed by atoms with Crippen molar-refractivity contribution in [1.82, 2.24) is 25.9 Å². The minimum absolute atomic E-state index is 0.0223. The predicted octanol–water partition coefficient (Wildman–Crippen LogP) is 5.86. The zero-order valence-electron chi connectivity index (χ0n) is 25.3. The van der Waals surface area contributed by atoms with Gasteiger partial charge in [0.25, 0.3) is 0 Å². The van der Waals surface area contributed by atoms with Gasteiger partial charge in [-0.3, -0.25) is 9.99 Å². The minimum atomic E-state index is -0.322. The van der Waals surface area contributed by atoms with E-state index in [1.165, 1.54) is 19.3 Å². The number of nitriles is 2. The molecule has 1 aliphatic heterocycles. The number of hydrazine groups is 2. The topological polar surface area (TPSA) is 134 Å². The average molecular weight is 586 g/mol. The Morgan fingerprint density at radius 1 is 1.07 bits per heavy atom. The van der Waals surface area contributed by atoms with Crippen LogP contribution in [0.2, 0.25) is 0 Å². The molecule has 1 atom stereocenters. The number of nitrogens with zero attached hydrogens (tertiary/aromatic N) is 5.